The van der Waals surface area contributed by atoms with Gasteiger partial charge in [0.15, 0.2) is 0 Å². The number of carbonyl (C=O) groups excluding carboxylic acids is 1. The van der Waals surface area contributed by atoms with Crippen molar-refractivity contribution < 1.29 is 14.6 Å². The molecule has 2 aromatic rings. The molecule has 0 saturated heterocycles. The topological polar surface area (TPSA) is 71.5 Å². The molecule has 21 heavy (non-hydrogen) atoms. The number of rotatable bonds is 5. The average Bonchev–Trinajstić information content (AvgIpc) is 2.50. The molecular formula is C16H20N2O3. The predicted octanol–water partition coefficient (Wildman–Crippen LogP) is 2.05. The Bertz CT molecular complexity index is 655. The van der Waals surface area contributed by atoms with Crippen molar-refractivity contribution in [1.29, 1.82) is 0 Å². The van der Waals surface area contributed by atoms with Crippen LogP contribution in [-0.4, -0.2) is 35.8 Å². The van der Waals surface area contributed by atoms with Gasteiger partial charge >= 0.3 is 0 Å². The highest BCUT2D eigenvalue weighted by atomic mass is 16.5. The third-order valence-electron chi connectivity index (χ3n) is 3.36. The number of carbonyl (C=O) groups is 1. The SMILES string of the molecule is CC[C@@H](O)CNC(=O)c1cc(C)nc2cc(OC)ccc12. The molecule has 0 saturated carbocycles. The van der Waals surface area contributed by atoms with Crippen LogP contribution in [0.2, 0.25) is 0 Å². The lowest BCUT2D eigenvalue weighted by Crippen LogP contribution is -2.31. The minimum atomic E-state index is -0.525. The minimum Gasteiger partial charge on any atom is -0.497 e. The molecule has 2 N–H and O–H groups in total. The number of aryl methyl sites for hydroxylation is 1. The summed E-state index contributed by atoms with van der Waals surface area (Å²) in [7, 11) is 1.59. The summed E-state index contributed by atoms with van der Waals surface area (Å²) in [5, 5.41) is 13.1. The van der Waals surface area contributed by atoms with Crippen molar-refractivity contribution in [3.63, 3.8) is 0 Å². The number of aromatic nitrogens is 1. The van der Waals surface area contributed by atoms with Crippen molar-refractivity contribution in [3.05, 3.63) is 35.5 Å². The second-order valence-corrected chi connectivity index (χ2v) is 4.97. The van der Waals surface area contributed by atoms with Crippen LogP contribution in [-0.2, 0) is 0 Å². The molecule has 1 heterocycles. The van der Waals surface area contributed by atoms with E-state index in [-0.39, 0.29) is 12.5 Å². The molecule has 1 aromatic heterocycles. The quantitative estimate of drug-likeness (QED) is 0.883. The molecule has 0 aliphatic carbocycles. The first-order chi connectivity index (χ1) is 10.0. The second-order valence-electron chi connectivity index (χ2n) is 4.97. The van der Waals surface area contributed by atoms with Gasteiger partial charge in [-0.05, 0) is 31.5 Å². The normalized spacial score (nSPS) is 12.2. The molecule has 5 nitrogen and oxygen atoms in total. The minimum absolute atomic E-state index is 0.205. The molecule has 0 spiro atoms. The number of methoxy groups -OCH3 is 1. The summed E-state index contributed by atoms with van der Waals surface area (Å²) in [6.45, 7) is 3.96. The molecule has 1 aromatic carbocycles. The van der Waals surface area contributed by atoms with Crippen LogP contribution in [0.5, 0.6) is 5.75 Å². The maximum Gasteiger partial charge on any atom is 0.252 e. The average molecular weight is 288 g/mol. The highest BCUT2D eigenvalue weighted by Gasteiger charge is 2.13. The number of nitrogens with one attached hydrogen (secondary N) is 1. The smallest absolute Gasteiger partial charge is 0.252 e. The maximum atomic E-state index is 12.3. The van der Waals surface area contributed by atoms with Crippen molar-refractivity contribution >= 4 is 16.8 Å². The Kier molecular flexibility index (Phi) is 4.75. The van der Waals surface area contributed by atoms with Gasteiger partial charge in [-0.3, -0.25) is 9.78 Å². The fourth-order valence-corrected chi connectivity index (χ4v) is 2.11. The Hall–Kier alpha value is -2.14. The molecular weight excluding hydrogens is 268 g/mol. The van der Waals surface area contributed by atoms with Crippen LogP contribution in [0.4, 0.5) is 0 Å². The van der Waals surface area contributed by atoms with Crippen molar-refractivity contribution in [2.75, 3.05) is 13.7 Å². The Labute approximate surface area is 124 Å². The van der Waals surface area contributed by atoms with Gasteiger partial charge in [-0.2, -0.15) is 0 Å². The lowest BCUT2D eigenvalue weighted by Gasteiger charge is -2.12. The van der Waals surface area contributed by atoms with Crippen molar-refractivity contribution in [3.8, 4) is 5.75 Å². The number of amides is 1. The van der Waals surface area contributed by atoms with Crippen LogP contribution >= 0.6 is 0 Å². The number of fused-ring (bicyclic) bond motifs is 1. The van der Waals surface area contributed by atoms with E-state index in [9.17, 15) is 9.90 Å². The molecule has 112 valence electrons. The van der Waals surface area contributed by atoms with Crippen molar-refractivity contribution in [2.45, 2.75) is 26.4 Å². The number of nitrogens with zero attached hydrogens (tertiary/aromatic N) is 1. The summed E-state index contributed by atoms with van der Waals surface area (Å²) in [5.41, 5.74) is 2.04. The highest BCUT2D eigenvalue weighted by Crippen LogP contribution is 2.23. The fraction of sp³-hybridized carbons (Fsp3) is 0.375. The van der Waals surface area contributed by atoms with E-state index in [1.165, 1.54) is 0 Å². The third-order valence-corrected chi connectivity index (χ3v) is 3.36. The van der Waals surface area contributed by atoms with Crippen LogP contribution < -0.4 is 10.1 Å². The van der Waals surface area contributed by atoms with Crippen LogP contribution in [0.15, 0.2) is 24.3 Å². The number of hydrogen-bond donors (Lipinski definition) is 2. The summed E-state index contributed by atoms with van der Waals surface area (Å²) in [6.07, 6.45) is 0.0800. The Morgan fingerprint density at radius 1 is 1.43 bits per heavy atom. The molecule has 0 unspecified atom stereocenters. The van der Waals surface area contributed by atoms with E-state index in [0.29, 0.717) is 17.7 Å². The van der Waals surface area contributed by atoms with Gasteiger partial charge in [0.1, 0.15) is 5.75 Å². The van der Waals surface area contributed by atoms with Gasteiger partial charge in [0, 0.05) is 23.7 Å². The van der Waals surface area contributed by atoms with E-state index in [1.807, 2.05) is 19.9 Å². The van der Waals surface area contributed by atoms with Crippen LogP contribution in [0.3, 0.4) is 0 Å². The van der Waals surface area contributed by atoms with E-state index in [1.54, 1.807) is 25.3 Å². The Balaban J connectivity index is 2.36. The molecule has 1 atom stereocenters. The van der Waals surface area contributed by atoms with E-state index in [0.717, 1.165) is 16.6 Å². The first-order valence-electron chi connectivity index (χ1n) is 6.96. The first kappa shape index (κ1) is 15.3. The maximum absolute atomic E-state index is 12.3. The van der Waals surface area contributed by atoms with Crippen LogP contribution in [0.1, 0.15) is 29.4 Å². The summed E-state index contributed by atoms with van der Waals surface area (Å²) in [6, 6.07) is 7.19. The van der Waals surface area contributed by atoms with Gasteiger partial charge < -0.3 is 15.2 Å². The van der Waals surface area contributed by atoms with Gasteiger partial charge in [-0.25, -0.2) is 0 Å². The highest BCUT2D eigenvalue weighted by molar-refractivity contribution is 6.06. The molecule has 1 amide bonds. The largest absolute Gasteiger partial charge is 0.497 e. The van der Waals surface area contributed by atoms with Crippen LogP contribution in [0.25, 0.3) is 10.9 Å². The molecule has 0 aliphatic heterocycles. The summed E-state index contributed by atoms with van der Waals surface area (Å²) in [5.74, 6) is 0.497. The number of benzene rings is 1. The monoisotopic (exact) mass is 288 g/mol. The number of ether oxygens (including phenoxy) is 1. The number of hydrogen-bond acceptors (Lipinski definition) is 4. The molecule has 0 radical (unpaired) electrons. The number of pyridine rings is 1. The predicted molar refractivity (Wildman–Crippen MR) is 81.7 cm³/mol. The van der Waals surface area contributed by atoms with Crippen molar-refractivity contribution in [1.82, 2.24) is 10.3 Å². The summed E-state index contributed by atoms with van der Waals surface area (Å²) >= 11 is 0. The van der Waals surface area contributed by atoms with E-state index in [4.69, 9.17) is 4.74 Å². The van der Waals surface area contributed by atoms with Crippen LogP contribution in [0, 0.1) is 6.92 Å². The molecule has 2 rings (SSSR count). The summed E-state index contributed by atoms with van der Waals surface area (Å²) < 4.78 is 5.18. The first-order valence-corrected chi connectivity index (χ1v) is 6.96. The zero-order valence-corrected chi connectivity index (χ0v) is 12.5. The van der Waals surface area contributed by atoms with Gasteiger partial charge in [-0.15, -0.1) is 0 Å². The standard InChI is InChI=1S/C16H20N2O3/c1-4-11(19)9-17-16(20)14-7-10(2)18-15-8-12(21-3)5-6-13(14)15/h5-8,11,19H,4,9H2,1-3H3,(H,17,20)/t11-/m1/s1. The lowest BCUT2D eigenvalue weighted by molar-refractivity contribution is 0.0915. The third kappa shape index (κ3) is 3.49. The zero-order valence-electron chi connectivity index (χ0n) is 12.5. The van der Waals surface area contributed by atoms with E-state index < -0.39 is 6.10 Å². The molecule has 0 fully saturated rings. The van der Waals surface area contributed by atoms with E-state index >= 15 is 0 Å². The summed E-state index contributed by atoms with van der Waals surface area (Å²) in [4.78, 5) is 16.7. The van der Waals surface area contributed by atoms with Gasteiger partial charge in [-0.1, -0.05) is 6.92 Å². The van der Waals surface area contributed by atoms with Gasteiger partial charge in [0.2, 0.25) is 0 Å². The zero-order chi connectivity index (χ0) is 15.4. The Morgan fingerprint density at radius 3 is 2.86 bits per heavy atom. The molecule has 0 bridgehead atoms. The van der Waals surface area contributed by atoms with E-state index in [2.05, 4.69) is 10.3 Å². The lowest BCUT2D eigenvalue weighted by atomic mass is 10.1. The van der Waals surface area contributed by atoms with Gasteiger partial charge in [0.05, 0.1) is 24.3 Å². The van der Waals surface area contributed by atoms with Gasteiger partial charge in [0.25, 0.3) is 5.91 Å². The molecule has 0 aliphatic rings. The molecule has 5 heteroatoms. The number of aliphatic hydroxyl groups excluding tert-OH is 1. The Morgan fingerprint density at radius 2 is 2.19 bits per heavy atom. The fourth-order valence-electron chi connectivity index (χ4n) is 2.11. The second kappa shape index (κ2) is 6.54. The number of aliphatic hydroxyl groups is 1. The van der Waals surface area contributed by atoms with Crippen molar-refractivity contribution in [2.24, 2.45) is 0 Å².